The van der Waals surface area contributed by atoms with Crippen molar-refractivity contribution in [2.75, 3.05) is 5.73 Å². The summed E-state index contributed by atoms with van der Waals surface area (Å²) in [6.07, 6.45) is 1.72. The van der Waals surface area contributed by atoms with E-state index in [2.05, 4.69) is 26.1 Å². The first-order valence-electron chi connectivity index (χ1n) is 6.09. The number of aromatic nitrogens is 2. The average molecular weight is 330 g/mol. The predicted octanol–water partition coefficient (Wildman–Crippen LogP) is 4.06. The van der Waals surface area contributed by atoms with Crippen LogP contribution in [0.4, 0.5) is 5.88 Å². The van der Waals surface area contributed by atoms with Gasteiger partial charge < -0.3 is 10.3 Å². The first-order valence-corrected chi connectivity index (χ1v) is 6.88. The zero-order valence-corrected chi connectivity index (χ0v) is 12.4. The highest BCUT2D eigenvalue weighted by Crippen LogP contribution is 2.36. The first kappa shape index (κ1) is 12.9. The second-order valence-electron chi connectivity index (χ2n) is 4.50. The molecule has 0 saturated carbocycles. The van der Waals surface area contributed by atoms with Crippen molar-refractivity contribution in [2.24, 2.45) is 0 Å². The standard InChI is InChI=1S/C15H12BrN3O/c1-9-6-10(8-11(16)7-9)14-13(15(17)20-19-14)12-4-2-3-5-18-12/h2-8H,17H2,1H3. The molecule has 0 saturated heterocycles. The molecule has 4 nitrogen and oxygen atoms in total. The Morgan fingerprint density at radius 2 is 2.05 bits per heavy atom. The van der Waals surface area contributed by atoms with Gasteiger partial charge in [-0.25, -0.2) is 0 Å². The zero-order valence-electron chi connectivity index (χ0n) is 10.8. The van der Waals surface area contributed by atoms with Gasteiger partial charge in [-0.1, -0.05) is 27.2 Å². The highest BCUT2D eigenvalue weighted by atomic mass is 79.9. The lowest BCUT2D eigenvalue weighted by atomic mass is 10.0. The fourth-order valence-electron chi connectivity index (χ4n) is 2.13. The third kappa shape index (κ3) is 2.32. The van der Waals surface area contributed by atoms with Crippen LogP contribution in [-0.2, 0) is 0 Å². The summed E-state index contributed by atoms with van der Waals surface area (Å²) in [6.45, 7) is 2.03. The van der Waals surface area contributed by atoms with E-state index in [1.165, 1.54) is 0 Å². The van der Waals surface area contributed by atoms with Crippen LogP contribution in [0, 0.1) is 6.92 Å². The summed E-state index contributed by atoms with van der Waals surface area (Å²) in [5.41, 5.74) is 10.1. The van der Waals surface area contributed by atoms with Gasteiger partial charge in [0.1, 0.15) is 5.69 Å². The van der Waals surface area contributed by atoms with Crippen LogP contribution in [0.2, 0.25) is 0 Å². The van der Waals surface area contributed by atoms with Gasteiger partial charge in [0.2, 0.25) is 5.88 Å². The third-order valence-corrected chi connectivity index (χ3v) is 3.41. The summed E-state index contributed by atoms with van der Waals surface area (Å²) in [7, 11) is 0. The SMILES string of the molecule is Cc1cc(Br)cc(-c2noc(N)c2-c2ccccn2)c1. The van der Waals surface area contributed by atoms with E-state index < -0.39 is 0 Å². The first-order chi connectivity index (χ1) is 9.65. The number of pyridine rings is 1. The Hall–Kier alpha value is -2.14. The van der Waals surface area contributed by atoms with E-state index in [0.717, 1.165) is 26.9 Å². The summed E-state index contributed by atoms with van der Waals surface area (Å²) in [4.78, 5) is 4.32. The second kappa shape index (κ2) is 5.09. The van der Waals surface area contributed by atoms with Crippen LogP contribution in [0.5, 0.6) is 0 Å². The lowest BCUT2D eigenvalue weighted by molar-refractivity contribution is 0.439. The van der Waals surface area contributed by atoms with Gasteiger partial charge in [-0.05, 0) is 42.8 Å². The monoisotopic (exact) mass is 329 g/mol. The summed E-state index contributed by atoms with van der Waals surface area (Å²) >= 11 is 3.49. The molecule has 20 heavy (non-hydrogen) atoms. The van der Waals surface area contributed by atoms with Crippen LogP contribution in [0.15, 0.2) is 51.6 Å². The summed E-state index contributed by atoms with van der Waals surface area (Å²) in [6, 6.07) is 11.7. The van der Waals surface area contributed by atoms with Gasteiger partial charge in [0.25, 0.3) is 0 Å². The molecule has 0 aliphatic heterocycles. The Kier molecular flexibility index (Phi) is 3.28. The maximum atomic E-state index is 5.91. The number of nitrogen functional groups attached to an aromatic ring is 1. The molecule has 5 heteroatoms. The normalized spacial score (nSPS) is 10.7. The fraction of sp³-hybridized carbons (Fsp3) is 0.0667. The van der Waals surface area contributed by atoms with Gasteiger partial charge in [0.05, 0.1) is 11.3 Å². The van der Waals surface area contributed by atoms with Gasteiger partial charge in [-0.2, -0.15) is 0 Å². The summed E-state index contributed by atoms with van der Waals surface area (Å²) < 4.78 is 6.14. The van der Waals surface area contributed by atoms with Crippen LogP contribution in [-0.4, -0.2) is 10.1 Å². The lowest BCUT2D eigenvalue weighted by Gasteiger charge is -2.04. The molecule has 0 fully saturated rings. The van der Waals surface area contributed by atoms with Crippen LogP contribution in [0.3, 0.4) is 0 Å². The van der Waals surface area contributed by atoms with Crippen molar-refractivity contribution < 1.29 is 4.52 Å². The molecule has 0 aliphatic carbocycles. The van der Waals surface area contributed by atoms with Crippen molar-refractivity contribution >= 4 is 21.8 Å². The van der Waals surface area contributed by atoms with Gasteiger partial charge in [0.15, 0.2) is 0 Å². The maximum absolute atomic E-state index is 5.91. The number of hydrogen-bond donors (Lipinski definition) is 1. The zero-order chi connectivity index (χ0) is 14.1. The smallest absolute Gasteiger partial charge is 0.232 e. The molecule has 2 aromatic heterocycles. The minimum atomic E-state index is 0.274. The number of halogens is 1. The number of rotatable bonds is 2. The Morgan fingerprint density at radius 1 is 1.20 bits per heavy atom. The summed E-state index contributed by atoms with van der Waals surface area (Å²) in [5.74, 6) is 0.274. The average Bonchev–Trinajstić information content (AvgIpc) is 2.80. The van der Waals surface area contributed by atoms with Crippen molar-refractivity contribution in [3.8, 4) is 22.5 Å². The van der Waals surface area contributed by atoms with Crippen molar-refractivity contribution in [1.29, 1.82) is 0 Å². The molecular formula is C15H12BrN3O. The molecule has 3 rings (SSSR count). The van der Waals surface area contributed by atoms with E-state index in [-0.39, 0.29) is 5.88 Å². The fourth-order valence-corrected chi connectivity index (χ4v) is 2.74. The molecule has 1 aromatic carbocycles. The molecule has 0 amide bonds. The minimum Gasteiger partial charge on any atom is -0.367 e. The third-order valence-electron chi connectivity index (χ3n) is 2.96. The largest absolute Gasteiger partial charge is 0.367 e. The highest BCUT2D eigenvalue weighted by molar-refractivity contribution is 9.10. The molecule has 0 aliphatic rings. The number of hydrogen-bond acceptors (Lipinski definition) is 4. The van der Waals surface area contributed by atoms with Crippen molar-refractivity contribution in [3.63, 3.8) is 0 Å². The van der Waals surface area contributed by atoms with Crippen LogP contribution >= 0.6 is 15.9 Å². The van der Waals surface area contributed by atoms with Gasteiger partial charge in [-0.15, -0.1) is 0 Å². The molecule has 2 N–H and O–H groups in total. The number of aryl methyl sites for hydroxylation is 1. The molecule has 0 radical (unpaired) electrons. The van der Waals surface area contributed by atoms with Crippen LogP contribution < -0.4 is 5.73 Å². The van der Waals surface area contributed by atoms with Gasteiger partial charge >= 0.3 is 0 Å². The van der Waals surface area contributed by atoms with E-state index >= 15 is 0 Å². The topological polar surface area (TPSA) is 64.9 Å². The second-order valence-corrected chi connectivity index (χ2v) is 5.42. The lowest BCUT2D eigenvalue weighted by Crippen LogP contribution is -1.90. The van der Waals surface area contributed by atoms with E-state index in [1.54, 1.807) is 6.20 Å². The van der Waals surface area contributed by atoms with Crippen molar-refractivity contribution in [2.45, 2.75) is 6.92 Å². The Labute approximate surface area is 124 Å². The van der Waals surface area contributed by atoms with E-state index in [0.29, 0.717) is 5.69 Å². The maximum Gasteiger partial charge on any atom is 0.232 e. The van der Waals surface area contributed by atoms with E-state index in [4.69, 9.17) is 10.3 Å². The molecular weight excluding hydrogens is 318 g/mol. The van der Waals surface area contributed by atoms with Gasteiger partial charge in [-0.3, -0.25) is 4.98 Å². The summed E-state index contributed by atoms with van der Waals surface area (Å²) in [5, 5.41) is 4.08. The van der Waals surface area contributed by atoms with E-state index in [1.807, 2.05) is 43.3 Å². The number of benzene rings is 1. The molecule has 3 aromatic rings. The van der Waals surface area contributed by atoms with Crippen molar-refractivity contribution in [3.05, 3.63) is 52.6 Å². The molecule has 100 valence electrons. The van der Waals surface area contributed by atoms with Gasteiger partial charge in [0, 0.05) is 16.2 Å². The molecule has 0 spiro atoms. The minimum absolute atomic E-state index is 0.274. The van der Waals surface area contributed by atoms with Crippen LogP contribution in [0.1, 0.15) is 5.56 Å². The molecule has 0 bridgehead atoms. The van der Waals surface area contributed by atoms with Crippen LogP contribution in [0.25, 0.3) is 22.5 Å². The Morgan fingerprint density at radius 3 is 2.75 bits per heavy atom. The molecule has 0 unspecified atom stereocenters. The quantitative estimate of drug-likeness (QED) is 0.770. The Balaban J connectivity index is 2.21. The van der Waals surface area contributed by atoms with Crippen molar-refractivity contribution in [1.82, 2.24) is 10.1 Å². The number of nitrogens with zero attached hydrogens (tertiary/aromatic N) is 2. The predicted molar refractivity (Wildman–Crippen MR) is 82.0 cm³/mol. The number of nitrogens with two attached hydrogens (primary N) is 1. The number of anilines is 1. The van der Waals surface area contributed by atoms with E-state index in [9.17, 15) is 0 Å². The highest BCUT2D eigenvalue weighted by Gasteiger charge is 2.18. The Bertz CT molecular complexity index is 733. The molecule has 0 atom stereocenters. The molecule has 2 heterocycles.